The van der Waals surface area contributed by atoms with Crippen molar-refractivity contribution in [3.8, 4) is 28.1 Å². The van der Waals surface area contributed by atoms with Crippen molar-refractivity contribution in [2.75, 3.05) is 4.90 Å². The van der Waals surface area contributed by atoms with Gasteiger partial charge < -0.3 is 10.0 Å². The van der Waals surface area contributed by atoms with Gasteiger partial charge in [-0.3, -0.25) is 9.59 Å². The predicted molar refractivity (Wildman–Crippen MR) is 177 cm³/mol. The number of aryl methyl sites for hydroxylation is 1. The van der Waals surface area contributed by atoms with Crippen molar-refractivity contribution in [1.29, 1.82) is 0 Å². The zero-order valence-corrected chi connectivity index (χ0v) is 25.2. The average Bonchev–Trinajstić information content (AvgIpc) is 3.49. The lowest BCUT2D eigenvalue weighted by Gasteiger charge is -2.28. The average molecular weight is 596 g/mol. The quantitative estimate of drug-likeness (QED) is 0.111. The Hall–Kier alpha value is -5.56. The number of carboxylic acid groups (broad SMARTS) is 1. The van der Waals surface area contributed by atoms with Gasteiger partial charge in [0.1, 0.15) is 12.7 Å². The van der Waals surface area contributed by atoms with Crippen LogP contribution in [0, 0.1) is 0 Å². The highest BCUT2D eigenvalue weighted by atomic mass is 16.4. The molecule has 224 valence electrons. The third-order valence-electron chi connectivity index (χ3n) is 7.98. The lowest BCUT2D eigenvalue weighted by Crippen LogP contribution is -2.31. The number of fused-ring (bicyclic) bond motifs is 5. The number of rotatable bonds is 9. The van der Waals surface area contributed by atoms with Crippen LogP contribution in [0.4, 0.5) is 5.69 Å². The van der Waals surface area contributed by atoms with Crippen LogP contribution in [0.5, 0.6) is 0 Å². The number of carbonyl (C=O) groups excluding carboxylic acids is 1. The number of allylic oxidation sites excluding steroid dienone is 2. The van der Waals surface area contributed by atoms with Crippen molar-refractivity contribution >= 4 is 29.7 Å². The second-order valence-corrected chi connectivity index (χ2v) is 11.2. The van der Waals surface area contributed by atoms with E-state index in [2.05, 4.69) is 54.6 Å². The van der Waals surface area contributed by atoms with Crippen LogP contribution >= 0.6 is 0 Å². The Morgan fingerprint density at radius 3 is 2.18 bits per heavy atom. The van der Waals surface area contributed by atoms with Crippen LogP contribution in [-0.4, -0.2) is 26.8 Å². The van der Waals surface area contributed by atoms with Crippen LogP contribution < -0.4 is 9.47 Å². The van der Waals surface area contributed by atoms with Gasteiger partial charge in [-0.2, -0.15) is 5.10 Å². The number of carbonyl (C=O) groups is 2. The summed E-state index contributed by atoms with van der Waals surface area (Å²) in [5.41, 5.74) is 8.75. The van der Waals surface area contributed by atoms with E-state index in [-0.39, 0.29) is 18.7 Å². The number of amides is 1. The molecule has 5 aromatic rings. The SMILES string of the molecule is C[n+]1ccc(/C=C/C=C/c2ccc(-n3cc4c(n3)-c3ccccc3CN(C(=O)CCCCC(=O)O)c3ccccc3-4)cc2)cc1. The molecule has 45 heavy (non-hydrogen) atoms. The monoisotopic (exact) mass is 595 g/mol. The molecule has 7 heteroatoms. The third-order valence-corrected chi connectivity index (χ3v) is 7.98. The molecule has 0 fully saturated rings. The number of aliphatic carboxylic acids is 1. The van der Waals surface area contributed by atoms with Crippen molar-refractivity contribution in [1.82, 2.24) is 9.78 Å². The minimum atomic E-state index is -0.839. The molecule has 0 saturated heterocycles. The van der Waals surface area contributed by atoms with E-state index in [9.17, 15) is 9.59 Å². The summed E-state index contributed by atoms with van der Waals surface area (Å²) >= 11 is 0. The zero-order valence-electron chi connectivity index (χ0n) is 25.2. The molecule has 0 radical (unpaired) electrons. The Kier molecular flexibility index (Phi) is 8.78. The van der Waals surface area contributed by atoms with Crippen molar-refractivity contribution in [2.24, 2.45) is 7.05 Å². The van der Waals surface area contributed by atoms with Gasteiger partial charge >= 0.3 is 5.97 Å². The number of pyridine rings is 1. The molecule has 0 unspecified atom stereocenters. The number of nitrogens with zero attached hydrogens (tertiary/aromatic N) is 4. The summed E-state index contributed by atoms with van der Waals surface area (Å²) in [7, 11) is 2.00. The molecule has 0 spiro atoms. The van der Waals surface area contributed by atoms with Crippen LogP contribution in [0.25, 0.3) is 40.2 Å². The van der Waals surface area contributed by atoms with Gasteiger partial charge in [-0.1, -0.05) is 78.9 Å². The molecular formula is C38H35N4O3+. The number of benzene rings is 3. The molecule has 0 bridgehead atoms. The van der Waals surface area contributed by atoms with Crippen LogP contribution in [0.3, 0.4) is 0 Å². The maximum Gasteiger partial charge on any atom is 0.303 e. The van der Waals surface area contributed by atoms with E-state index < -0.39 is 5.97 Å². The van der Waals surface area contributed by atoms with Crippen LogP contribution in [0.15, 0.2) is 116 Å². The Balaban J connectivity index is 1.29. The van der Waals surface area contributed by atoms with E-state index in [0.717, 1.165) is 50.4 Å². The predicted octanol–water partition coefficient (Wildman–Crippen LogP) is 7.25. The molecule has 0 atom stereocenters. The van der Waals surface area contributed by atoms with Gasteiger partial charge in [0.05, 0.1) is 17.9 Å². The normalized spacial score (nSPS) is 12.4. The number of carboxylic acids is 1. The van der Waals surface area contributed by atoms with Crippen molar-refractivity contribution < 1.29 is 19.3 Å². The second-order valence-electron chi connectivity index (χ2n) is 11.2. The standard InChI is InChI=1S/C38H34N4O3/c1-40-24-22-29(23-25-40)11-3-2-10-28-18-20-31(21-19-28)42-27-34-33-14-6-7-15-35(33)41(36(43)16-8-9-17-37(44)45)26-30-12-4-5-13-32(30)38(34)39-42/h2-7,10-15,18-25,27H,8-9,16-17,26H2,1H3/p+1. The molecule has 0 saturated carbocycles. The zero-order chi connectivity index (χ0) is 31.2. The smallest absolute Gasteiger partial charge is 0.303 e. The molecule has 0 aliphatic carbocycles. The fourth-order valence-corrected chi connectivity index (χ4v) is 5.59. The Morgan fingerprint density at radius 1 is 0.800 bits per heavy atom. The lowest BCUT2D eigenvalue weighted by atomic mass is 9.93. The molecule has 6 rings (SSSR count). The van der Waals surface area contributed by atoms with Crippen molar-refractivity contribution in [3.63, 3.8) is 0 Å². The number of unbranched alkanes of at least 4 members (excludes halogenated alkanes) is 1. The molecule has 3 aromatic carbocycles. The topological polar surface area (TPSA) is 79.3 Å². The molecule has 1 aliphatic rings. The molecule has 1 amide bonds. The summed E-state index contributed by atoms with van der Waals surface area (Å²) in [6, 6.07) is 28.5. The Labute approximate surface area is 263 Å². The van der Waals surface area contributed by atoms with E-state index >= 15 is 0 Å². The highest BCUT2D eigenvalue weighted by Gasteiger charge is 2.27. The molecular weight excluding hydrogens is 560 g/mol. The molecule has 2 aromatic heterocycles. The lowest BCUT2D eigenvalue weighted by molar-refractivity contribution is -0.671. The van der Waals surface area contributed by atoms with Crippen LogP contribution in [-0.2, 0) is 23.2 Å². The van der Waals surface area contributed by atoms with E-state index in [1.807, 2.05) is 94.4 Å². The first kappa shape index (κ1) is 29.5. The molecule has 1 N–H and O–H groups in total. The Bertz CT molecular complexity index is 1890. The van der Waals surface area contributed by atoms with Gasteiger partial charge in [0, 0.05) is 47.9 Å². The molecule has 1 aliphatic heterocycles. The highest BCUT2D eigenvalue weighted by Crippen LogP contribution is 2.42. The highest BCUT2D eigenvalue weighted by molar-refractivity contribution is 6.00. The Morgan fingerprint density at radius 2 is 1.44 bits per heavy atom. The summed E-state index contributed by atoms with van der Waals surface area (Å²) in [4.78, 5) is 26.4. The first-order valence-electron chi connectivity index (χ1n) is 15.2. The van der Waals surface area contributed by atoms with E-state index in [0.29, 0.717) is 19.4 Å². The number of hydrogen-bond donors (Lipinski definition) is 1. The van der Waals surface area contributed by atoms with Crippen molar-refractivity contribution in [2.45, 2.75) is 32.2 Å². The van der Waals surface area contributed by atoms with Gasteiger partial charge in [0.2, 0.25) is 5.91 Å². The maximum atomic E-state index is 13.6. The van der Waals surface area contributed by atoms with Gasteiger partial charge in [-0.25, -0.2) is 9.25 Å². The number of hydrogen-bond acceptors (Lipinski definition) is 3. The summed E-state index contributed by atoms with van der Waals surface area (Å²) in [6.45, 7) is 0.412. The van der Waals surface area contributed by atoms with Gasteiger partial charge in [0.15, 0.2) is 12.4 Å². The van der Waals surface area contributed by atoms with Crippen molar-refractivity contribution in [3.05, 3.63) is 132 Å². The summed E-state index contributed by atoms with van der Waals surface area (Å²) in [5.74, 6) is -0.858. The number of para-hydroxylation sites is 1. The van der Waals surface area contributed by atoms with Gasteiger partial charge in [-0.15, -0.1) is 0 Å². The third kappa shape index (κ3) is 6.83. The van der Waals surface area contributed by atoms with Crippen LogP contribution in [0.2, 0.25) is 0 Å². The van der Waals surface area contributed by atoms with E-state index in [1.165, 1.54) is 0 Å². The van der Waals surface area contributed by atoms with Crippen LogP contribution in [0.1, 0.15) is 42.4 Å². The second kappa shape index (κ2) is 13.4. The van der Waals surface area contributed by atoms with Gasteiger partial charge in [-0.05, 0) is 47.7 Å². The van der Waals surface area contributed by atoms with E-state index in [4.69, 9.17) is 10.2 Å². The van der Waals surface area contributed by atoms with E-state index in [1.54, 1.807) is 0 Å². The summed E-state index contributed by atoms with van der Waals surface area (Å²) in [5, 5.41) is 14.1. The fraction of sp³-hybridized carbons (Fsp3) is 0.158. The first-order valence-corrected chi connectivity index (χ1v) is 15.2. The maximum absolute atomic E-state index is 13.6. The summed E-state index contributed by atoms with van der Waals surface area (Å²) in [6.07, 6.45) is 15.7. The molecule has 7 nitrogen and oxygen atoms in total. The molecule has 3 heterocycles. The minimum Gasteiger partial charge on any atom is -0.481 e. The minimum absolute atomic E-state index is 0.0187. The fourth-order valence-electron chi connectivity index (χ4n) is 5.59. The number of anilines is 1. The summed E-state index contributed by atoms with van der Waals surface area (Å²) < 4.78 is 3.92. The number of aromatic nitrogens is 3. The largest absolute Gasteiger partial charge is 0.481 e. The van der Waals surface area contributed by atoms with Gasteiger partial charge in [0.25, 0.3) is 0 Å². The first-order chi connectivity index (χ1) is 22.0.